The Morgan fingerprint density at radius 3 is 2.42 bits per heavy atom. The largest absolute Gasteiger partial charge is 0.506 e. The van der Waals surface area contributed by atoms with E-state index < -0.39 is 18.6 Å². The molecule has 0 radical (unpaired) electrons. The molecule has 0 saturated carbocycles. The number of nitrogens with zero attached hydrogens (tertiary/aromatic N) is 1. The number of carbonyl (C=O) groups is 1. The summed E-state index contributed by atoms with van der Waals surface area (Å²) in [5.74, 6) is -1.12. The maximum atomic E-state index is 12.5. The van der Waals surface area contributed by atoms with Crippen LogP contribution in [0.15, 0.2) is 63.7 Å². The first-order valence-corrected chi connectivity index (χ1v) is 10.3. The van der Waals surface area contributed by atoms with Crippen LogP contribution < -0.4 is 0 Å². The fraction of sp³-hybridized carbons (Fsp3) is 0.143. The van der Waals surface area contributed by atoms with Gasteiger partial charge in [0.1, 0.15) is 16.4 Å². The summed E-state index contributed by atoms with van der Waals surface area (Å²) < 4.78 is 42.3. The van der Waals surface area contributed by atoms with Crippen LogP contribution in [0, 0.1) is 0 Å². The van der Waals surface area contributed by atoms with E-state index in [-0.39, 0.29) is 27.0 Å². The number of hydrogen-bond acceptors (Lipinski definition) is 5. The van der Waals surface area contributed by atoms with Crippen LogP contribution in [0.3, 0.4) is 0 Å². The molecule has 0 bridgehead atoms. The Kier molecular flexibility index (Phi) is 7.03. The molecule has 1 aliphatic heterocycles. The van der Waals surface area contributed by atoms with Gasteiger partial charge in [0, 0.05) is 0 Å². The minimum absolute atomic E-state index is 0.116. The molecule has 0 amide bonds. The van der Waals surface area contributed by atoms with Gasteiger partial charge in [-0.15, -0.1) is 0 Å². The van der Waals surface area contributed by atoms with Crippen molar-refractivity contribution in [3.63, 3.8) is 0 Å². The van der Waals surface area contributed by atoms with Gasteiger partial charge in [-0.2, -0.15) is 13.2 Å². The van der Waals surface area contributed by atoms with Gasteiger partial charge in [-0.1, -0.05) is 59.2 Å². The first-order chi connectivity index (χ1) is 14.6. The van der Waals surface area contributed by atoms with Crippen molar-refractivity contribution in [2.24, 2.45) is 4.99 Å². The lowest BCUT2D eigenvalue weighted by molar-refractivity contribution is -0.135. The van der Waals surface area contributed by atoms with Gasteiger partial charge in [-0.05, 0) is 35.4 Å². The van der Waals surface area contributed by atoms with E-state index in [1.165, 1.54) is 43.5 Å². The summed E-state index contributed by atoms with van der Waals surface area (Å²) in [6.07, 6.45) is -3.79. The molecule has 0 aliphatic carbocycles. The van der Waals surface area contributed by atoms with Crippen LogP contribution in [0.2, 0.25) is 10.0 Å². The van der Waals surface area contributed by atoms with E-state index in [2.05, 4.69) is 4.99 Å². The Balaban J connectivity index is 1.95. The number of halogens is 5. The third-order valence-corrected chi connectivity index (χ3v) is 5.85. The number of methoxy groups -OCH3 is 1. The standard InChI is InChI=1S/C21H14Cl2F3NO3S/c1-30-20(29)17-18(28)16(8-11-2-4-12(5-3-11)10-21(24,25)26)31-19(17)27-13-6-7-14(22)15(23)9-13/h2-9,28H,10H2,1H3/b16-8-,27-19?. The van der Waals surface area contributed by atoms with E-state index in [9.17, 15) is 23.1 Å². The average molecular weight is 488 g/mol. The number of ether oxygens (including phenoxy) is 1. The molecule has 0 atom stereocenters. The number of aliphatic hydroxyl groups is 1. The van der Waals surface area contributed by atoms with Crippen LogP contribution in [0.1, 0.15) is 11.1 Å². The molecule has 1 heterocycles. The van der Waals surface area contributed by atoms with Gasteiger partial charge in [0.15, 0.2) is 0 Å². The van der Waals surface area contributed by atoms with Crippen LogP contribution in [-0.2, 0) is 16.0 Å². The van der Waals surface area contributed by atoms with Crippen LogP contribution in [0.4, 0.5) is 18.9 Å². The van der Waals surface area contributed by atoms with E-state index in [0.29, 0.717) is 21.2 Å². The molecule has 0 fully saturated rings. The lowest BCUT2D eigenvalue weighted by Gasteiger charge is -2.06. The highest BCUT2D eigenvalue weighted by molar-refractivity contribution is 8.18. The van der Waals surface area contributed by atoms with E-state index in [0.717, 1.165) is 11.8 Å². The van der Waals surface area contributed by atoms with Gasteiger partial charge in [-0.3, -0.25) is 0 Å². The van der Waals surface area contributed by atoms with Crippen LogP contribution in [0.5, 0.6) is 0 Å². The molecule has 4 nitrogen and oxygen atoms in total. The Labute approximate surface area is 190 Å². The van der Waals surface area contributed by atoms with Gasteiger partial charge >= 0.3 is 12.1 Å². The molecule has 10 heteroatoms. The average Bonchev–Trinajstić information content (AvgIpc) is 2.99. The van der Waals surface area contributed by atoms with E-state index >= 15 is 0 Å². The highest BCUT2D eigenvalue weighted by Gasteiger charge is 2.33. The lowest BCUT2D eigenvalue weighted by atomic mass is 10.1. The zero-order valence-electron chi connectivity index (χ0n) is 15.8. The maximum Gasteiger partial charge on any atom is 0.393 e. The summed E-state index contributed by atoms with van der Waals surface area (Å²) in [4.78, 5) is 16.9. The number of carbonyl (C=O) groups excluding carboxylic acids is 1. The predicted molar refractivity (Wildman–Crippen MR) is 117 cm³/mol. The van der Waals surface area contributed by atoms with Crippen LogP contribution in [-0.4, -0.2) is 29.4 Å². The number of esters is 1. The van der Waals surface area contributed by atoms with Crippen molar-refractivity contribution in [1.29, 1.82) is 0 Å². The molecule has 0 spiro atoms. The SMILES string of the molecule is COC(=O)C1=C(O)/C(=C/c2ccc(CC(F)(F)F)cc2)SC1=Nc1ccc(Cl)c(Cl)c1. The molecule has 0 aromatic heterocycles. The van der Waals surface area contributed by atoms with E-state index in [1.54, 1.807) is 12.1 Å². The van der Waals surface area contributed by atoms with Crippen molar-refractivity contribution in [3.05, 3.63) is 79.9 Å². The van der Waals surface area contributed by atoms with Crippen molar-refractivity contribution >= 4 is 57.7 Å². The molecule has 3 rings (SSSR count). The van der Waals surface area contributed by atoms with Crippen molar-refractivity contribution < 1.29 is 27.8 Å². The highest BCUT2D eigenvalue weighted by atomic mass is 35.5. The molecule has 1 N–H and O–H groups in total. The Morgan fingerprint density at radius 1 is 1.16 bits per heavy atom. The molecular formula is C21H14Cl2F3NO3S. The monoisotopic (exact) mass is 487 g/mol. The number of benzene rings is 2. The number of rotatable bonds is 4. The molecular weight excluding hydrogens is 474 g/mol. The van der Waals surface area contributed by atoms with Crippen molar-refractivity contribution in [2.45, 2.75) is 12.6 Å². The first kappa shape index (κ1) is 23.2. The lowest BCUT2D eigenvalue weighted by Crippen LogP contribution is -2.11. The summed E-state index contributed by atoms with van der Waals surface area (Å²) in [7, 11) is 1.17. The number of aliphatic hydroxyl groups excluding tert-OH is 1. The van der Waals surface area contributed by atoms with Crippen LogP contribution >= 0.6 is 35.0 Å². The second-order valence-electron chi connectivity index (χ2n) is 6.37. The summed E-state index contributed by atoms with van der Waals surface area (Å²) in [5, 5.41) is 11.4. The van der Waals surface area contributed by atoms with Crippen molar-refractivity contribution in [1.82, 2.24) is 0 Å². The molecule has 31 heavy (non-hydrogen) atoms. The van der Waals surface area contributed by atoms with Gasteiger partial charge in [0.2, 0.25) is 0 Å². The summed E-state index contributed by atoms with van der Waals surface area (Å²) in [6.45, 7) is 0. The Morgan fingerprint density at radius 2 is 1.84 bits per heavy atom. The van der Waals surface area contributed by atoms with Gasteiger partial charge < -0.3 is 9.84 Å². The molecule has 0 saturated heterocycles. The molecule has 0 unspecified atom stereocenters. The third kappa shape index (κ3) is 5.84. The summed E-state index contributed by atoms with van der Waals surface area (Å²) >= 11 is 12.9. The quantitative estimate of drug-likeness (QED) is 0.476. The molecule has 2 aromatic carbocycles. The minimum Gasteiger partial charge on any atom is -0.506 e. The topological polar surface area (TPSA) is 58.9 Å². The number of alkyl halides is 3. The highest BCUT2D eigenvalue weighted by Crippen LogP contribution is 2.40. The third-order valence-electron chi connectivity index (χ3n) is 4.10. The molecule has 162 valence electrons. The zero-order valence-corrected chi connectivity index (χ0v) is 18.2. The van der Waals surface area contributed by atoms with Crippen molar-refractivity contribution in [3.8, 4) is 0 Å². The predicted octanol–water partition coefficient (Wildman–Crippen LogP) is 6.90. The molecule has 2 aromatic rings. The fourth-order valence-electron chi connectivity index (χ4n) is 2.68. The van der Waals surface area contributed by atoms with Gasteiger partial charge in [0.25, 0.3) is 0 Å². The Bertz CT molecular complexity index is 1110. The van der Waals surface area contributed by atoms with Crippen LogP contribution in [0.25, 0.3) is 6.08 Å². The van der Waals surface area contributed by atoms with Crippen molar-refractivity contribution in [2.75, 3.05) is 7.11 Å². The van der Waals surface area contributed by atoms with Gasteiger partial charge in [0.05, 0.1) is 34.2 Å². The smallest absolute Gasteiger partial charge is 0.393 e. The maximum absolute atomic E-state index is 12.5. The summed E-state index contributed by atoms with van der Waals surface area (Å²) in [6, 6.07) is 10.3. The zero-order chi connectivity index (χ0) is 22.8. The van der Waals surface area contributed by atoms with Gasteiger partial charge in [-0.25, -0.2) is 9.79 Å². The summed E-state index contributed by atoms with van der Waals surface area (Å²) in [5.41, 5.74) is 0.938. The van der Waals surface area contributed by atoms with E-state index in [4.69, 9.17) is 27.9 Å². The molecule has 1 aliphatic rings. The Hall–Kier alpha value is -2.42. The van der Waals surface area contributed by atoms with E-state index in [1.807, 2.05) is 0 Å². The minimum atomic E-state index is -4.30. The number of hydrogen-bond donors (Lipinski definition) is 1. The fourth-order valence-corrected chi connectivity index (χ4v) is 4.00. The number of thioether (sulfide) groups is 1. The number of aliphatic imine (C=N–C) groups is 1. The first-order valence-electron chi connectivity index (χ1n) is 8.68. The second-order valence-corrected chi connectivity index (χ2v) is 8.22. The normalized spacial score (nSPS) is 17.0. The second kappa shape index (κ2) is 9.38.